The molecule has 0 aromatic carbocycles. The monoisotopic (exact) mass is 215 g/mol. The van der Waals surface area contributed by atoms with Crippen LogP contribution in [0.2, 0.25) is 6.04 Å². The molecular weight excluding hydrogens is 192 g/mol. The van der Waals surface area contributed by atoms with Crippen molar-refractivity contribution >= 4 is 9.04 Å². The van der Waals surface area contributed by atoms with Crippen LogP contribution in [0.4, 0.5) is 0 Å². The SMILES string of the molecule is CCC(NC(C)NC)[Si]1CCCCO1. The van der Waals surface area contributed by atoms with Crippen LogP contribution in [-0.4, -0.2) is 34.5 Å². The number of hydrogen-bond acceptors (Lipinski definition) is 3. The molecule has 3 nitrogen and oxygen atoms in total. The van der Waals surface area contributed by atoms with Gasteiger partial charge in [0.25, 0.3) is 0 Å². The molecule has 2 atom stereocenters. The quantitative estimate of drug-likeness (QED) is 0.535. The third-order valence-corrected chi connectivity index (χ3v) is 5.56. The smallest absolute Gasteiger partial charge is 0.229 e. The summed E-state index contributed by atoms with van der Waals surface area (Å²) in [4.78, 5) is 0. The Kier molecular flexibility index (Phi) is 5.70. The molecule has 4 heteroatoms. The second-order valence-corrected chi connectivity index (χ2v) is 6.33. The second kappa shape index (κ2) is 6.56. The second-order valence-electron chi connectivity index (χ2n) is 3.91. The summed E-state index contributed by atoms with van der Waals surface area (Å²) in [5.74, 6) is 0. The van der Waals surface area contributed by atoms with E-state index in [0.717, 1.165) is 6.61 Å². The first kappa shape index (κ1) is 12.2. The van der Waals surface area contributed by atoms with E-state index < -0.39 is 9.04 Å². The average Bonchev–Trinajstić information content (AvgIpc) is 2.26. The van der Waals surface area contributed by atoms with Crippen molar-refractivity contribution in [2.45, 2.75) is 51.0 Å². The molecule has 0 aliphatic carbocycles. The van der Waals surface area contributed by atoms with Crippen LogP contribution in [0.1, 0.15) is 33.1 Å². The molecule has 1 aliphatic heterocycles. The van der Waals surface area contributed by atoms with Crippen LogP contribution in [0.5, 0.6) is 0 Å². The Labute approximate surface area is 89.3 Å². The summed E-state index contributed by atoms with van der Waals surface area (Å²) in [5.41, 5.74) is 0.600. The number of rotatable bonds is 5. The van der Waals surface area contributed by atoms with Crippen molar-refractivity contribution in [3.63, 3.8) is 0 Å². The van der Waals surface area contributed by atoms with E-state index in [0.29, 0.717) is 11.8 Å². The van der Waals surface area contributed by atoms with E-state index in [2.05, 4.69) is 24.5 Å². The van der Waals surface area contributed by atoms with Gasteiger partial charge in [0.05, 0.1) is 6.17 Å². The first-order chi connectivity index (χ1) is 6.77. The summed E-state index contributed by atoms with van der Waals surface area (Å²) in [6, 6.07) is 1.31. The van der Waals surface area contributed by atoms with Crippen LogP contribution >= 0.6 is 0 Å². The zero-order chi connectivity index (χ0) is 10.4. The van der Waals surface area contributed by atoms with E-state index in [4.69, 9.17) is 4.43 Å². The molecule has 1 saturated heterocycles. The van der Waals surface area contributed by atoms with E-state index in [1.165, 1.54) is 25.3 Å². The van der Waals surface area contributed by atoms with Crippen LogP contribution in [0.3, 0.4) is 0 Å². The summed E-state index contributed by atoms with van der Waals surface area (Å²) < 4.78 is 5.89. The molecular formula is C10H23N2OSi. The van der Waals surface area contributed by atoms with Gasteiger partial charge in [0.15, 0.2) is 0 Å². The largest absolute Gasteiger partial charge is 0.415 e. The van der Waals surface area contributed by atoms with Crippen molar-refractivity contribution in [1.29, 1.82) is 0 Å². The van der Waals surface area contributed by atoms with Crippen molar-refractivity contribution in [2.75, 3.05) is 13.7 Å². The van der Waals surface area contributed by atoms with Crippen molar-refractivity contribution in [1.82, 2.24) is 10.6 Å². The maximum Gasteiger partial charge on any atom is 0.229 e. The van der Waals surface area contributed by atoms with Crippen molar-refractivity contribution in [3.8, 4) is 0 Å². The van der Waals surface area contributed by atoms with Gasteiger partial charge in [0.1, 0.15) is 0 Å². The molecule has 83 valence electrons. The lowest BCUT2D eigenvalue weighted by molar-refractivity contribution is 0.269. The van der Waals surface area contributed by atoms with E-state index in [9.17, 15) is 0 Å². The topological polar surface area (TPSA) is 33.3 Å². The summed E-state index contributed by atoms with van der Waals surface area (Å²) >= 11 is 0. The predicted molar refractivity (Wildman–Crippen MR) is 61.5 cm³/mol. The highest BCUT2D eigenvalue weighted by Crippen LogP contribution is 2.15. The molecule has 1 aliphatic rings. The highest BCUT2D eigenvalue weighted by molar-refractivity contribution is 6.53. The Bertz CT molecular complexity index is 151. The normalized spacial score (nSPS) is 23.4. The molecule has 0 aromatic rings. The van der Waals surface area contributed by atoms with E-state index in [1.807, 2.05) is 7.05 Å². The third-order valence-electron chi connectivity index (χ3n) is 2.79. The summed E-state index contributed by atoms with van der Waals surface area (Å²) in [7, 11) is 1.40. The molecule has 0 aromatic heterocycles. The minimum atomic E-state index is -0.593. The van der Waals surface area contributed by atoms with Crippen LogP contribution in [-0.2, 0) is 4.43 Å². The fraction of sp³-hybridized carbons (Fsp3) is 1.00. The predicted octanol–water partition coefficient (Wildman–Crippen LogP) is 1.26. The summed E-state index contributed by atoms with van der Waals surface area (Å²) in [5, 5.41) is 6.81. The van der Waals surface area contributed by atoms with Gasteiger partial charge < -0.3 is 9.74 Å². The first-order valence-electron chi connectivity index (χ1n) is 5.69. The lowest BCUT2D eigenvalue weighted by Gasteiger charge is -2.30. The standard InChI is InChI=1S/C10H23N2OSi/c1-4-10(12-9(2)11-3)14-8-6-5-7-13-14/h9-12H,4-8H2,1-3H3. The molecule has 1 rings (SSSR count). The molecule has 2 unspecified atom stereocenters. The first-order valence-corrected chi connectivity index (χ1v) is 7.39. The van der Waals surface area contributed by atoms with Gasteiger partial charge in [0.2, 0.25) is 9.04 Å². The highest BCUT2D eigenvalue weighted by Gasteiger charge is 2.26. The Balaban J connectivity index is 2.35. The lowest BCUT2D eigenvalue weighted by Crippen LogP contribution is -2.52. The molecule has 2 N–H and O–H groups in total. The van der Waals surface area contributed by atoms with Crippen molar-refractivity contribution in [2.24, 2.45) is 0 Å². The van der Waals surface area contributed by atoms with Gasteiger partial charge >= 0.3 is 0 Å². The van der Waals surface area contributed by atoms with E-state index in [-0.39, 0.29) is 0 Å². The molecule has 0 amide bonds. The van der Waals surface area contributed by atoms with Gasteiger partial charge in [-0.2, -0.15) is 0 Å². The third kappa shape index (κ3) is 3.69. The Morgan fingerprint density at radius 3 is 2.71 bits per heavy atom. The van der Waals surface area contributed by atoms with Crippen LogP contribution in [0.25, 0.3) is 0 Å². The summed E-state index contributed by atoms with van der Waals surface area (Å²) in [6.45, 7) is 5.39. The molecule has 1 radical (unpaired) electrons. The van der Waals surface area contributed by atoms with Gasteiger partial charge in [-0.05, 0) is 32.9 Å². The fourth-order valence-corrected chi connectivity index (χ4v) is 4.37. The summed E-state index contributed by atoms with van der Waals surface area (Å²) in [6.07, 6.45) is 4.19. The van der Waals surface area contributed by atoms with Crippen LogP contribution in [0.15, 0.2) is 0 Å². The molecule has 1 heterocycles. The van der Waals surface area contributed by atoms with Gasteiger partial charge in [-0.1, -0.05) is 13.3 Å². The van der Waals surface area contributed by atoms with Crippen LogP contribution in [0, 0.1) is 0 Å². The van der Waals surface area contributed by atoms with E-state index in [1.54, 1.807) is 0 Å². The van der Waals surface area contributed by atoms with Gasteiger partial charge in [0, 0.05) is 12.3 Å². The zero-order valence-electron chi connectivity index (χ0n) is 9.60. The molecule has 0 bridgehead atoms. The fourth-order valence-electron chi connectivity index (χ4n) is 1.78. The van der Waals surface area contributed by atoms with Gasteiger partial charge in [-0.15, -0.1) is 0 Å². The highest BCUT2D eigenvalue weighted by atomic mass is 28.3. The van der Waals surface area contributed by atoms with Crippen molar-refractivity contribution < 1.29 is 4.43 Å². The minimum Gasteiger partial charge on any atom is -0.415 e. The average molecular weight is 215 g/mol. The maximum atomic E-state index is 5.89. The molecule has 0 spiro atoms. The van der Waals surface area contributed by atoms with Gasteiger partial charge in [-0.3, -0.25) is 5.32 Å². The lowest BCUT2D eigenvalue weighted by atomic mass is 10.4. The van der Waals surface area contributed by atoms with Gasteiger partial charge in [-0.25, -0.2) is 0 Å². The van der Waals surface area contributed by atoms with Crippen molar-refractivity contribution in [3.05, 3.63) is 0 Å². The zero-order valence-corrected chi connectivity index (χ0v) is 10.6. The molecule has 0 saturated carbocycles. The molecule has 1 fully saturated rings. The maximum absolute atomic E-state index is 5.89. The Morgan fingerprint density at radius 1 is 1.43 bits per heavy atom. The Hall–Kier alpha value is 0.0969. The molecule has 14 heavy (non-hydrogen) atoms. The number of hydrogen-bond donors (Lipinski definition) is 2. The van der Waals surface area contributed by atoms with E-state index >= 15 is 0 Å². The number of nitrogens with one attached hydrogen (secondary N) is 2. The minimum absolute atomic E-state index is 0.392. The Morgan fingerprint density at radius 2 is 2.21 bits per heavy atom. The van der Waals surface area contributed by atoms with Crippen LogP contribution < -0.4 is 10.6 Å².